The molecule has 2 saturated heterocycles. The van der Waals surface area contributed by atoms with Gasteiger partial charge in [-0.25, -0.2) is 0 Å². The lowest BCUT2D eigenvalue weighted by molar-refractivity contribution is -0.121. The van der Waals surface area contributed by atoms with Gasteiger partial charge in [0, 0.05) is 52.7 Å². The summed E-state index contributed by atoms with van der Waals surface area (Å²) < 4.78 is 5.38. The maximum Gasteiger partial charge on any atom is 0.220 e. The number of morpholine rings is 1. The zero-order chi connectivity index (χ0) is 17.2. The summed E-state index contributed by atoms with van der Waals surface area (Å²) in [5, 5.41) is 6.13. The average molecular weight is 467 g/mol. The number of carbonyl (C=O) groups is 1. The van der Waals surface area contributed by atoms with Gasteiger partial charge >= 0.3 is 0 Å². The van der Waals surface area contributed by atoms with Crippen molar-refractivity contribution in [1.82, 2.24) is 20.4 Å². The minimum Gasteiger partial charge on any atom is -0.379 e. The topological polar surface area (TPSA) is 69.2 Å². The molecule has 0 aromatic rings. The molecule has 7 nitrogen and oxygen atoms in total. The van der Waals surface area contributed by atoms with Crippen LogP contribution in [0, 0.1) is 5.92 Å². The van der Waals surface area contributed by atoms with Gasteiger partial charge in [-0.2, -0.15) is 0 Å². The summed E-state index contributed by atoms with van der Waals surface area (Å²) in [6.07, 6.45) is 2.76. The Morgan fingerprint density at radius 1 is 1.20 bits per heavy atom. The Morgan fingerprint density at radius 3 is 2.48 bits per heavy atom. The number of aliphatic imine (C=N–C) groups is 1. The minimum absolute atomic E-state index is 0. The van der Waals surface area contributed by atoms with Crippen LogP contribution in [-0.2, 0) is 9.53 Å². The van der Waals surface area contributed by atoms with Gasteiger partial charge in [0.1, 0.15) is 0 Å². The van der Waals surface area contributed by atoms with Gasteiger partial charge < -0.3 is 20.3 Å². The van der Waals surface area contributed by atoms with E-state index in [2.05, 4.69) is 27.4 Å². The fourth-order valence-corrected chi connectivity index (χ4v) is 3.26. The Morgan fingerprint density at radius 2 is 1.88 bits per heavy atom. The quantitative estimate of drug-likeness (QED) is 0.343. The summed E-state index contributed by atoms with van der Waals surface area (Å²) in [5.41, 5.74) is 0. The van der Waals surface area contributed by atoms with Crippen molar-refractivity contribution in [2.45, 2.75) is 26.2 Å². The van der Waals surface area contributed by atoms with E-state index in [-0.39, 0.29) is 29.9 Å². The van der Waals surface area contributed by atoms with Crippen LogP contribution in [0.25, 0.3) is 0 Å². The molecule has 146 valence electrons. The molecule has 0 aliphatic carbocycles. The van der Waals surface area contributed by atoms with Crippen LogP contribution in [0.5, 0.6) is 0 Å². The summed E-state index contributed by atoms with van der Waals surface area (Å²) >= 11 is 0. The fourth-order valence-electron chi connectivity index (χ4n) is 3.26. The highest BCUT2D eigenvalue weighted by Crippen LogP contribution is 2.20. The zero-order valence-corrected chi connectivity index (χ0v) is 18.0. The molecule has 2 aliphatic rings. The lowest BCUT2D eigenvalue weighted by Crippen LogP contribution is -2.46. The smallest absolute Gasteiger partial charge is 0.220 e. The number of amides is 1. The molecule has 0 bridgehead atoms. The number of halogens is 1. The van der Waals surface area contributed by atoms with Crippen LogP contribution in [0.3, 0.4) is 0 Å². The molecule has 0 unspecified atom stereocenters. The maximum absolute atomic E-state index is 11.5. The molecule has 25 heavy (non-hydrogen) atoms. The van der Waals surface area contributed by atoms with E-state index < -0.39 is 0 Å². The first-order valence-corrected chi connectivity index (χ1v) is 9.27. The third kappa shape index (κ3) is 8.08. The number of nitrogens with zero attached hydrogens (tertiary/aromatic N) is 3. The molecule has 0 saturated carbocycles. The normalized spacial score (nSPS) is 20.1. The van der Waals surface area contributed by atoms with Crippen molar-refractivity contribution in [2.75, 3.05) is 66.1 Å². The molecule has 2 aliphatic heterocycles. The predicted molar refractivity (Wildman–Crippen MR) is 112 cm³/mol. The summed E-state index contributed by atoms with van der Waals surface area (Å²) in [7, 11) is 1.71. The molecule has 2 N–H and O–H groups in total. The van der Waals surface area contributed by atoms with Crippen molar-refractivity contribution < 1.29 is 9.53 Å². The number of likely N-dealkylation sites (tertiary alicyclic amines) is 1. The molecule has 1 amide bonds. The second kappa shape index (κ2) is 12.7. The van der Waals surface area contributed by atoms with Gasteiger partial charge in [-0.3, -0.25) is 14.7 Å². The highest BCUT2D eigenvalue weighted by Gasteiger charge is 2.23. The number of guanidine groups is 1. The van der Waals surface area contributed by atoms with Crippen LogP contribution in [0.15, 0.2) is 4.99 Å². The van der Waals surface area contributed by atoms with Crippen LogP contribution < -0.4 is 10.6 Å². The fraction of sp³-hybridized carbons (Fsp3) is 0.882. The molecule has 0 spiro atoms. The molecule has 0 aromatic carbocycles. The SMILES string of the molecule is CCNC(=NCCN1CCOCC1)N1CCC(CC(=O)NC)CC1.I. The van der Waals surface area contributed by atoms with Crippen LogP contribution in [0.1, 0.15) is 26.2 Å². The van der Waals surface area contributed by atoms with Crippen molar-refractivity contribution in [3.63, 3.8) is 0 Å². The minimum atomic E-state index is 0. The first-order valence-electron chi connectivity index (χ1n) is 9.27. The molecular formula is C17H34IN5O2. The van der Waals surface area contributed by atoms with Crippen molar-refractivity contribution in [3.8, 4) is 0 Å². The molecular weight excluding hydrogens is 433 g/mol. The Bertz CT molecular complexity index is 408. The van der Waals surface area contributed by atoms with E-state index in [1.54, 1.807) is 7.05 Å². The molecule has 0 radical (unpaired) electrons. The van der Waals surface area contributed by atoms with Gasteiger partial charge in [0.05, 0.1) is 19.8 Å². The van der Waals surface area contributed by atoms with Crippen molar-refractivity contribution in [2.24, 2.45) is 10.9 Å². The first-order chi connectivity index (χ1) is 11.7. The van der Waals surface area contributed by atoms with E-state index in [4.69, 9.17) is 9.73 Å². The van der Waals surface area contributed by atoms with Gasteiger partial charge in [0.15, 0.2) is 5.96 Å². The number of ether oxygens (including phenoxy) is 1. The predicted octanol–water partition coefficient (Wildman–Crippen LogP) is 0.750. The number of hydrogen-bond acceptors (Lipinski definition) is 4. The lowest BCUT2D eigenvalue weighted by Gasteiger charge is -2.34. The van der Waals surface area contributed by atoms with E-state index in [0.29, 0.717) is 12.3 Å². The number of hydrogen-bond donors (Lipinski definition) is 2. The molecule has 2 fully saturated rings. The van der Waals surface area contributed by atoms with E-state index >= 15 is 0 Å². The number of carbonyl (C=O) groups excluding carboxylic acids is 1. The third-order valence-corrected chi connectivity index (χ3v) is 4.78. The largest absolute Gasteiger partial charge is 0.379 e. The molecule has 8 heteroatoms. The summed E-state index contributed by atoms with van der Waals surface area (Å²) in [4.78, 5) is 21.1. The van der Waals surface area contributed by atoms with E-state index in [1.807, 2.05) is 0 Å². The van der Waals surface area contributed by atoms with Gasteiger partial charge in [-0.1, -0.05) is 0 Å². The van der Waals surface area contributed by atoms with E-state index in [9.17, 15) is 4.79 Å². The molecule has 0 atom stereocenters. The monoisotopic (exact) mass is 467 g/mol. The van der Waals surface area contributed by atoms with Crippen molar-refractivity contribution in [3.05, 3.63) is 0 Å². The third-order valence-electron chi connectivity index (χ3n) is 4.78. The van der Waals surface area contributed by atoms with Crippen molar-refractivity contribution in [1.29, 1.82) is 0 Å². The van der Waals surface area contributed by atoms with E-state index in [0.717, 1.165) is 77.8 Å². The maximum atomic E-state index is 11.5. The van der Waals surface area contributed by atoms with Gasteiger partial charge in [0.2, 0.25) is 5.91 Å². The van der Waals surface area contributed by atoms with Crippen molar-refractivity contribution >= 4 is 35.8 Å². The van der Waals surface area contributed by atoms with Crippen LogP contribution in [-0.4, -0.2) is 87.7 Å². The van der Waals surface area contributed by atoms with Crippen LogP contribution >= 0.6 is 24.0 Å². The highest BCUT2D eigenvalue weighted by atomic mass is 127. The lowest BCUT2D eigenvalue weighted by atomic mass is 9.93. The Labute approximate surface area is 169 Å². The van der Waals surface area contributed by atoms with E-state index in [1.165, 1.54) is 0 Å². The second-order valence-corrected chi connectivity index (χ2v) is 6.50. The van der Waals surface area contributed by atoms with Gasteiger partial charge in [0.25, 0.3) is 0 Å². The van der Waals surface area contributed by atoms with Gasteiger partial charge in [-0.05, 0) is 25.7 Å². The van der Waals surface area contributed by atoms with Crippen LogP contribution in [0.4, 0.5) is 0 Å². The Kier molecular flexibility index (Phi) is 11.4. The van der Waals surface area contributed by atoms with Gasteiger partial charge in [-0.15, -0.1) is 24.0 Å². The van der Waals surface area contributed by atoms with Crippen LogP contribution in [0.2, 0.25) is 0 Å². The zero-order valence-electron chi connectivity index (χ0n) is 15.6. The Hall–Kier alpha value is -0.610. The second-order valence-electron chi connectivity index (χ2n) is 6.50. The highest BCUT2D eigenvalue weighted by molar-refractivity contribution is 14.0. The average Bonchev–Trinajstić information content (AvgIpc) is 2.62. The molecule has 2 heterocycles. The number of rotatable bonds is 6. The summed E-state index contributed by atoms with van der Waals surface area (Å²) in [6.45, 7) is 10.4. The summed E-state index contributed by atoms with van der Waals surface area (Å²) in [5.74, 6) is 1.67. The molecule has 0 aromatic heterocycles. The summed E-state index contributed by atoms with van der Waals surface area (Å²) in [6, 6.07) is 0. The number of nitrogens with one attached hydrogen (secondary N) is 2. The Balaban J connectivity index is 0.00000312. The standard InChI is InChI=1S/C17H33N5O2.HI/c1-3-19-17(20-6-9-21-10-12-24-13-11-21)22-7-4-15(5-8-22)14-16(23)18-2;/h15H,3-14H2,1-2H3,(H,18,23)(H,19,20);1H. The first kappa shape index (κ1) is 22.4. The molecule has 2 rings (SSSR count). The number of piperidine rings is 1.